The van der Waals surface area contributed by atoms with Gasteiger partial charge in [-0.3, -0.25) is 0 Å². The molecule has 2 N–H and O–H groups in total. The van der Waals surface area contributed by atoms with Crippen LogP contribution in [0, 0.1) is 0 Å². The zero-order valence-electron chi connectivity index (χ0n) is 8.00. The van der Waals surface area contributed by atoms with Crippen molar-refractivity contribution >= 4 is 24.0 Å². The van der Waals surface area contributed by atoms with E-state index in [2.05, 4.69) is 6.07 Å². The monoisotopic (exact) mass is 231 g/mol. The van der Waals surface area contributed by atoms with Crippen LogP contribution in [0.25, 0.3) is 0 Å². The van der Waals surface area contributed by atoms with Crippen LogP contribution in [0.5, 0.6) is 0 Å². The average Bonchev–Trinajstić information content (AvgIpc) is 2.07. The molecule has 0 bridgehead atoms. The van der Waals surface area contributed by atoms with E-state index < -0.39 is 0 Å². The molecule has 0 spiro atoms. The van der Waals surface area contributed by atoms with Gasteiger partial charge in [-0.05, 0) is 24.5 Å². The highest BCUT2D eigenvalue weighted by Gasteiger charge is 2.38. The van der Waals surface area contributed by atoms with Gasteiger partial charge in [0.2, 0.25) is 0 Å². The normalized spacial score (nSPS) is 18.1. The molecule has 1 aliphatic rings. The first-order valence-electron chi connectivity index (χ1n) is 4.74. The van der Waals surface area contributed by atoms with E-state index in [0.29, 0.717) is 0 Å². The van der Waals surface area contributed by atoms with Crippen LogP contribution in [0.15, 0.2) is 24.3 Å². The maximum atomic E-state index is 6.14. The van der Waals surface area contributed by atoms with Gasteiger partial charge in [0.25, 0.3) is 0 Å². The van der Waals surface area contributed by atoms with Gasteiger partial charge in [0.1, 0.15) is 0 Å². The molecule has 78 valence electrons. The molecule has 1 aromatic rings. The van der Waals surface area contributed by atoms with Crippen molar-refractivity contribution in [1.82, 2.24) is 0 Å². The van der Waals surface area contributed by atoms with Crippen LogP contribution in [0.3, 0.4) is 0 Å². The van der Waals surface area contributed by atoms with Gasteiger partial charge >= 0.3 is 0 Å². The first-order chi connectivity index (χ1) is 6.28. The number of nitrogens with two attached hydrogens (primary N) is 1. The number of benzene rings is 1. The predicted molar refractivity (Wildman–Crippen MR) is 63.3 cm³/mol. The Labute approximate surface area is 96.0 Å². The van der Waals surface area contributed by atoms with Gasteiger partial charge in [0, 0.05) is 17.0 Å². The van der Waals surface area contributed by atoms with E-state index in [9.17, 15) is 0 Å². The van der Waals surface area contributed by atoms with Gasteiger partial charge in [0.05, 0.1) is 0 Å². The Hall–Kier alpha value is -0.240. The fourth-order valence-corrected chi connectivity index (χ4v) is 2.41. The number of halogens is 2. The number of rotatable bonds is 2. The van der Waals surface area contributed by atoms with Crippen LogP contribution in [0.1, 0.15) is 24.8 Å². The summed E-state index contributed by atoms with van der Waals surface area (Å²) >= 11 is 6.14. The second-order valence-corrected chi connectivity index (χ2v) is 4.23. The highest BCUT2D eigenvalue weighted by atomic mass is 35.5. The number of hydrogen-bond donors (Lipinski definition) is 1. The second-order valence-electron chi connectivity index (χ2n) is 3.82. The van der Waals surface area contributed by atoms with Crippen molar-refractivity contribution in [3.05, 3.63) is 34.9 Å². The van der Waals surface area contributed by atoms with Crippen LogP contribution in [-0.4, -0.2) is 6.54 Å². The Balaban J connectivity index is 0.000000980. The molecule has 1 saturated carbocycles. The minimum atomic E-state index is 0. The molecule has 1 aromatic carbocycles. The molecule has 0 radical (unpaired) electrons. The van der Waals surface area contributed by atoms with Crippen LogP contribution in [0.2, 0.25) is 5.02 Å². The van der Waals surface area contributed by atoms with Crippen molar-refractivity contribution < 1.29 is 0 Å². The Bertz CT molecular complexity index is 302. The van der Waals surface area contributed by atoms with E-state index in [-0.39, 0.29) is 17.8 Å². The predicted octanol–water partition coefficient (Wildman–Crippen LogP) is 3.14. The molecule has 1 aliphatic carbocycles. The topological polar surface area (TPSA) is 26.0 Å². The maximum absolute atomic E-state index is 6.14. The summed E-state index contributed by atoms with van der Waals surface area (Å²) in [5.74, 6) is 0. The molecule has 0 saturated heterocycles. The third-order valence-electron chi connectivity index (χ3n) is 3.15. The van der Waals surface area contributed by atoms with Gasteiger partial charge in [-0.25, -0.2) is 0 Å². The minimum absolute atomic E-state index is 0. The summed E-state index contributed by atoms with van der Waals surface area (Å²) in [5.41, 5.74) is 7.24. The molecule has 2 rings (SSSR count). The molecule has 3 heteroatoms. The van der Waals surface area contributed by atoms with Gasteiger partial charge in [-0.15, -0.1) is 12.4 Å². The lowest BCUT2D eigenvalue weighted by molar-refractivity contribution is 0.253. The van der Waals surface area contributed by atoms with E-state index in [1.165, 1.54) is 24.8 Å². The Kier molecular flexibility index (Phi) is 3.82. The molecular weight excluding hydrogens is 217 g/mol. The molecule has 0 amide bonds. The highest BCUT2D eigenvalue weighted by Crippen LogP contribution is 2.45. The summed E-state index contributed by atoms with van der Waals surface area (Å²) in [6.45, 7) is 0.719. The standard InChI is InChI=1S/C11H14ClN.ClH/c12-10-5-2-1-4-9(10)11(8-13)6-3-7-11;/h1-2,4-5H,3,6-8,13H2;1H. The Morgan fingerprint density at radius 2 is 1.93 bits per heavy atom. The van der Waals surface area contributed by atoms with E-state index >= 15 is 0 Å². The molecule has 0 aliphatic heterocycles. The fourth-order valence-electron chi connectivity index (χ4n) is 2.08. The van der Waals surface area contributed by atoms with E-state index in [4.69, 9.17) is 17.3 Å². The van der Waals surface area contributed by atoms with Crippen molar-refractivity contribution in [2.45, 2.75) is 24.7 Å². The Morgan fingerprint density at radius 3 is 2.36 bits per heavy atom. The summed E-state index contributed by atoms with van der Waals surface area (Å²) in [4.78, 5) is 0. The van der Waals surface area contributed by atoms with Crippen LogP contribution < -0.4 is 5.73 Å². The van der Waals surface area contributed by atoms with Gasteiger partial charge in [-0.1, -0.05) is 36.2 Å². The van der Waals surface area contributed by atoms with Crippen LogP contribution in [0.4, 0.5) is 0 Å². The van der Waals surface area contributed by atoms with Crippen molar-refractivity contribution in [3.63, 3.8) is 0 Å². The van der Waals surface area contributed by atoms with Crippen LogP contribution in [-0.2, 0) is 5.41 Å². The van der Waals surface area contributed by atoms with Crippen molar-refractivity contribution in [2.75, 3.05) is 6.54 Å². The highest BCUT2D eigenvalue weighted by molar-refractivity contribution is 6.31. The molecule has 0 unspecified atom stereocenters. The summed E-state index contributed by atoms with van der Waals surface area (Å²) in [5, 5.41) is 0.868. The minimum Gasteiger partial charge on any atom is -0.330 e. The molecule has 0 aromatic heterocycles. The lowest BCUT2D eigenvalue weighted by atomic mass is 9.64. The molecule has 14 heavy (non-hydrogen) atoms. The largest absolute Gasteiger partial charge is 0.330 e. The summed E-state index contributed by atoms with van der Waals surface area (Å²) in [7, 11) is 0. The van der Waals surface area contributed by atoms with E-state index in [1.807, 2.05) is 18.2 Å². The van der Waals surface area contributed by atoms with Gasteiger partial charge < -0.3 is 5.73 Å². The summed E-state index contributed by atoms with van der Waals surface area (Å²) < 4.78 is 0. The van der Waals surface area contributed by atoms with Crippen LogP contribution >= 0.6 is 24.0 Å². The van der Waals surface area contributed by atoms with Crippen molar-refractivity contribution in [3.8, 4) is 0 Å². The SMILES string of the molecule is Cl.NCC1(c2ccccc2Cl)CCC1. The third kappa shape index (κ3) is 1.77. The smallest absolute Gasteiger partial charge is 0.0444 e. The Morgan fingerprint density at radius 1 is 1.29 bits per heavy atom. The molecule has 1 fully saturated rings. The summed E-state index contributed by atoms with van der Waals surface area (Å²) in [6.07, 6.45) is 3.66. The summed E-state index contributed by atoms with van der Waals surface area (Å²) in [6, 6.07) is 8.06. The maximum Gasteiger partial charge on any atom is 0.0444 e. The van der Waals surface area contributed by atoms with Gasteiger partial charge in [0.15, 0.2) is 0 Å². The van der Waals surface area contributed by atoms with E-state index in [1.54, 1.807) is 0 Å². The average molecular weight is 232 g/mol. The second kappa shape index (κ2) is 4.52. The lowest BCUT2D eigenvalue weighted by Gasteiger charge is -2.42. The first-order valence-corrected chi connectivity index (χ1v) is 5.11. The number of hydrogen-bond acceptors (Lipinski definition) is 1. The fraction of sp³-hybridized carbons (Fsp3) is 0.455. The molecule has 0 atom stereocenters. The zero-order valence-corrected chi connectivity index (χ0v) is 9.57. The molecular formula is C11H15Cl2N. The lowest BCUT2D eigenvalue weighted by Crippen LogP contribution is -2.41. The molecule has 1 nitrogen and oxygen atoms in total. The quantitative estimate of drug-likeness (QED) is 0.832. The van der Waals surface area contributed by atoms with Crippen molar-refractivity contribution in [1.29, 1.82) is 0 Å². The first kappa shape index (κ1) is 11.8. The van der Waals surface area contributed by atoms with E-state index in [0.717, 1.165) is 11.6 Å². The third-order valence-corrected chi connectivity index (χ3v) is 3.48. The zero-order chi connectivity index (χ0) is 9.31. The van der Waals surface area contributed by atoms with Crippen molar-refractivity contribution in [2.24, 2.45) is 5.73 Å². The molecule has 0 heterocycles. The van der Waals surface area contributed by atoms with Gasteiger partial charge in [-0.2, -0.15) is 0 Å².